The Morgan fingerprint density at radius 3 is 2.86 bits per heavy atom. The molecule has 0 fully saturated rings. The van der Waals surface area contributed by atoms with Crippen molar-refractivity contribution < 1.29 is 14.6 Å². The fourth-order valence-corrected chi connectivity index (χ4v) is 4.41. The number of anilines is 1. The number of carbonyl (C=O) groups is 1. The molecule has 0 saturated heterocycles. The summed E-state index contributed by atoms with van der Waals surface area (Å²) in [6.45, 7) is 0.407. The summed E-state index contributed by atoms with van der Waals surface area (Å²) in [4.78, 5) is 12.9. The molecule has 0 aromatic heterocycles. The van der Waals surface area contributed by atoms with E-state index in [4.69, 9.17) is 21.4 Å². The average molecular weight is 400 g/mol. The highest BCUT2D eigenvalue weighted by Gasteiger charge is 2.56. The third-order valence-electron chi connectivity index (χ3n) is 5.52. The van der Waals surface area contributed by atoms with Gasteiger partial charge in [-0.1, -0.05) is 41.9 Å². The number of amides is 1. The van der Waals surface area contributed by atoms with Crippen LogP contribution in [0.15, 0.2) is 53.6 Å². The Hall–Kier alpha value is -2.57. The van der Waals surface area contributed by atoms with Crippen LogP contribution < -0.4 is 15.1 Å². The van der Waals surface area contributed by atoms with Crippen LogP contribution in [0.5, 0.6) is 5.75 Å². The molecular formula is C21H22ClN3O3. The predicted octanol–water partition coefficient (Wildman–Crippen LogP) is 2.73. The molecule has 0 aliphatic carbocycles. The number of halogens is 1. The van der Waals surface area contributed by atoms with E-state index in [9.17, 15) is 9.90 Å². The van der Waals surface area contributed by atoms with E-state index in [0.717, 1.165) is 11.3 Å². The number of carbonyl (C=O) groups excluding carboxylic acids is 1. The molecule has 2 heterocycles. The number of benzene rings is 2. The zero-order valence-electron chi connectivity index (χ0n) is 15.6. The first-order valence-corrected chi connectivity index (χ1v) is 9.68. The Morgan fingerprint density at radius 1 is 1.36 bits per heavy atom. The minimum Gasteiger partial charge on any atom is -0.489 e. The van der Waals surface area contributed by atoms with Crippen molar-refractivity contribution in [3.05, 3.63) is 59.1 Å². The molecule has 2 aliphatic heterocycles. The smallest absolute Gasteiger partial charge is 0.268 e. The molecule has 0 bridgehead atoms. The summed E-state index contributed by atoms with van der Waals surface area (Å²) < 4.78 is 6.04. The predicted molar refractivity (Wildman–Crippen MR) is 109 cm³/mol. The molecule has 2 aliphatic rings. The first kappa shape index (κ1) is 18.8. The van der Waals surface area contributed by atoms with Gasteiger partial charge in [-0.2, -0.15) is 5.10 Å². The van der Waals surface area contributed by atoms with Crippen LogP contribution in [0.25, 0.3) is 0 Å². The summed E-state index contributed by atoms with van der Waals surface area (Å²) in [5.41, 5.74) is 1.44. The normalized spacial score (nSPS) is 22.8. The molecule has 146 valence electrons. The summed E-state index contributed by atoms with van der Waals surface area (Å²) in [5.74, 6) is 0.450. The summed E-state index contributed by atoms with van der Waals surface area (Å²) in [6, 6.07) is 15.0. The molecule has 28 heavy (non-hydrogen) atoms. The second kappa shape index (κ2) is 7.45. The van der Waals surface area contributed by atoms with Crippen LogP contribution >= 0.6 is 11.6 Å². The molecule has 2 aromatic rings. The zero-order valence-corrected chi connectivity index (χ0v) is 16.3. The number of aliphatic hydroxyl groups is 1. The number of ether oxygens (including phenoxy) is 1. The molecule has 6 nitrogen and oxygen atoms in total. The van der Waals surface area contributed by atoms with Gasteiger partial charge in [0.25, 0.3) is 5.91 Å². The standard InChI is InChI=1S/C21H22ClN3O3/c1-23-20(27)19-21(10-5-11-26,14-6-3-2-4-7-14)18-13-28-17-9-8-15(22)12-16(17)25(18)24-19/h2-4,6-9,12,18,26H,5,10-11,13H2,1H3,(H,23,27). The van der Waals surface area contributed by atoms with Gasteiger partial charge in [0.1, 0.15) is 29.8 Å². The van der Waals surface area contributed by atoms with Crippen LogP contribution in [0.2, 0.25) is 5.02 Å². The molecular weight excluding hydrogens is 378 g/mol. The molecule has 2 N–H and O–H groups in total. The lowest BCUT2D eigenvalue weighted by atomic mass is 9.67. The van der Waals surface area contributed by atoms with E-state index >= 15 is 0 Å². The second-order valence-corrected chi connectivity index (χ2v) is 7.41. The monoisotopic (exact) mass is 399 g/mol. The second-order valence-electron chi connectivity index (χ2n) is 6.98. The molecule has 4 rings (SSSR count). The molecule has 2 atom stereocenters. The van der Waals surface area contributed by atoms with Gasteiger partial charge in [-0.25, -0.2) is 0 Å². The van der Waals surface area contributed by atoms with Crippen molar-refractivity contribution in [1.82, 2.24) is 5.32 Å². The van der Waals surface area contributed by atoms with Gasteiger partial charge in [-0.05, 0) is 36.6 Å². The summed E-state index contributed by atoms with van der Waals surface area (Å²) >= 11 is 6.22. The van der Waals surface area contributed by atoms with Crippen molar-refractivity contribution in [3.63, 3.8) is 0 Å². The van der Waals surface area contributed by atoms with Crippen LogP contribution in [0.4, 0.5) is 5.69 Å². The summed E-state index contributed by atoms with van der Waals surface area (Å²) in [7, 11) is 1.60. The average Bonchev–Trinajstić information content (AvgIpc) is 3.08. The van der Waals surface area contributed by atoms with E-state index < -0.39 is 5.41 Å². The van der Waals surface area contributed by atoms with Gasteiger partial charge in [0.2, 0.25) is 0 Å². The lowest BCUT2D eigenvalue weighted by molar-refractivity contribution is -0.114. The summed E-state index contributed by atoms with van der Waals surface area (Å²) in [6.07, 6.45) is 1.11. The van der Waals surface area contributed by atoms with Gasteiger partial charge in [-0.15, -0.1) is 0 Å². The van der Waals surface area contributed by atoms with Gasteiger partial charge < -0.3 is 15.2 Å². The highest BCUT2D eigenvalue weighted by atomic mass is 35.5. The first-order valence-electron chi connectivity index (χ1n) is 9.31. The molecule has 7 heteroatoms. The van der Waals surface area contributed by atoms with Crippen molar-refractivity contribution in [3.8, 4) is 5.75 Å². The number of hydrazone groups is 1. The number of rotatable bonds is 5. The maximum absolute atomic E-state index is 12.9. The third kappa shape index (κ3) is 2.84. The van der Waals surface area contributed by atoms with E-state index in [2.05, 4.69) is 5.32 Å². The molecule has 0 radical (unpaired) electrons. The van der Waals surface area contributed by atoms with E-state index in [1.807, 2.05) is 41.4 Å². The van der Waals surface area contributed by atoms with E-state index in [-0.39, 0.29) is 18.6 Å². The molecule has 0 spiro atoms. The number of aliphatic hydroxyl groups excluding tert-OH is 1. The fraction of sp³-hybridized carbons (Fsp3) is 0.333. The molecule has 2 aromatic carbocycles. The van der Waals surface area contributed by atoms with Crippen LogP contribution in [0.1, 0.15) is 18.4 Å². The van der Waals surface area contributed by atoms with E-state index in [0.29, 0.717) is 35.9 Å². The first-order chi connectivity index (χ1) is 13.6. The van der Waals surface area contributed by atoms with Crippen molar-refractivity contribution in [2.24, 2.45) is 5.10 Å². The lowest BCUT2D eigenvalue weighted by Gasteiger charge is -2.41. The number of hydrogen-bond donors (Lipinski definition) is 2. The highest BCUT2D eigenvalue weighted by molar-refractivity contribution is 6.43. The minimum atomic E-state index is -0.704. The van der Waals surface area contributed by atoms with Crippen molar-refractivity contribution in [2.75, 3.05) is 25.3 Å². The number of nitrogens with zero attached hydrogens (tertiary/aromatic N) is 2. The van der Waals surface area contributed by atoms with Gasteiger partial charge >= 0.3 is 0 Å². The number of nitrogens with one attached hydrogen (secondary N) is 1. The molecule has 2 unspecified atom stereocenters. The highest BCUT2D eigenvalue weighted by Crippen LogP contribution is 2.48. The van der Waals surface area contributed by atoms with Crippen LogP contribution in [0.3, 0.4) is 0 Å². The van der Waals surface area contributed by atoms with Crippen molar-refractivity contribution >= 4 is 28.9 Å². The summed E-state index contributed by atoms with van der Waals surface area (Å²) in [5, 5.41) is 19.5. The Kier molecular flexibility index (Phi) is 5.00. The van der Waals surface area contributed by atoms with Crippen molar-refractivity contribution in [2.45, 2.75) is 24.3 Å². The fourth-order valence-electron chi connectivity index (χ4n) is 4.25. The molecule has 0 saturated carbocycles. The van der Waals surface area contributed by atoms with Crippen LogP contribution in [-0.4, -0.2) is 43.0 Å². The lowest BCUT2D eigenvalue weighted by Crippen LogP contribution is -2.55. The Bertz CT molecular complexity index is 918. The minimum absolute atomic E-state index is 0.0333. The SMILES string of the molecule is CNC(=O)C1=NN2c3cc(Cl)ccc3OCC2C1(CCCO)c1ccccc1. The maximum Gasteiger partial charge on any atom is 0.268 e. The van der Waals surface area contributed by atoms with Gasteiger partial charge in [0.05, 0.1) is 5.41 Å². The third-order valence-corrected chi connectivity index (χ3v) is 5.75. The van der Waals surface area contributed by atoms with Crippen molar-refractivity contribution in [1.29, 1.82) is 0 Å². The molecule has 1 amide bonds. The topological polar surface area (TPSA) is 74.2 Å². The Morgan fingerprint density at radius 2 is 2.14 bits per heavy atom. The maximum atomic E-state index is 12.9. The van der Waals surface area contributed by atoms with E-state index in [1.165, 1.54) is 0 Å². The number of hydrogen-bond acceptors (Lipinski definition) is 5. The van der Waals surface area contributed by atoms with Gasteiger partial charge in [0, 0.05) is 18.7 Å². The Balaban J connectivity index is 1.92. The van der Waals surface area contributed by atoms with E-state index in [1.54, 1.807) is 19.2 Å². The van der Waals surface area contributed by atoms with Crippen LogP contribution in [-0.2, 0) is 10.2 Å². The van der Waals surface area contributed by atoms with Gasteiger partial charge in [-0.3, -0.25) is 9.80 Å². The Labute approximate surface area is 168 Å². The zero-order chi connectivity index (χ0) is 19.7. The number of fused-ring (bicyclic) bond motifs is 3. The van der Waals surface area contributed by atoms with Gasteiger partial charge in [0.15, 0.2) is 0 Å². The van der Waals surface area contributed by atoms with Crippen LogP contribution in [0, 0.1) is 0 Å². The largest absolute Gasteiger partial charge is 0.489 e. The quantitative estimate of drug-likeness (QED) is 0.810.